The van der Waals surface area contributed by atoms with Crippen LogP contribution in [0.4, 0.5) is 0 Å². The van der Waals surface area contributed by atoms with Gasteiger partial charge >= 0.3 is 5.97 Å². The van der Waals surface area contributed by atoms with Crippen molar-refractivity contribution < 1.29 is 33.8 Å². The number of rotatable bonds is 7. The number of nitrogens with zero attached hydrogens (tertiary/aromatic N) is 1. The van der Waals surface area contributed by atoms with Crippen LogP contribution in [0.1, 0.15) is 141 Å². The van der Waals surface area contributed by atoms with Crippen molar-refractivity contribution in [1.29, 1.82) is 0 Å². The summed E-state index contributed by atoms with van der Waals surface area (Å²) in [7, 11) is 0. The first-order chi connectivity index (χ1) is 26.4. The fourth-order valence-electron chi connectivity index (χ4n) is 17.5. The van der Waals surface area contributed by atoms with Gasteiger partial charge in [0.2, 0.25) is 5.78 Å². The third-order valence-electron chi connectivity index (χ3n) is 20.6. The van der Waals surface area contributed by atoms with Gasteiger partial charge in [0.1, 0.15) is 0 Å². The Morgan fingerprint density at radius 2 is 1.48 bits per heavy atom. The van der Waals surface area contributed by atoms with Crippen molar-refractivity contribution in [3.05, 3.63) is 48.0 Å². The van der Waals surface area contributed by atoms with Crippen LogP contribution >= 0.6 is 0 Å². The highest BCUT2D eigenvalue weighted by molar-refractivity contribution is 6.09. The average molecular weight is 766 g/mol. The molecule has 8 heteroatoms. The summed E-state index contributed by atoms with van der Waals surface area (Å²) in [6.45, 7) is 11.6. The summed E-state index contributed by atoms with van der Waals surface area (Å²) in [6, 6.07) is 3.54. The van der Waals surface area contributed by atoms with Gasteiger partial charge in [0.05, 0.1) is 29.9 Å². The predicted octanol–water partition coefficient (Wildman–Crippen LogP) is 8.22. The zero-order valence-electron chi connectivity index (χ0n) is 34.3. The molecule has 1 aromatic heterocycles. The van der Waals surface area contributed by atoms with E-state index in [0.717, 1.165) is 56.9 Å². The molecule has 1 aliphatic heterocycles. The Bertz CT molecular complexity index is 1940. The SMILES string of the molecule is CC1(C)[C@@]2(C)CC[C@]1(C(=O)N(CC13CC4CC(CC(C4)C1)C3)C[C@]1(O)CC[C@H]3[C@]45C=C[C@@]6(C=C4C(=O)c4ccco4)CC(O)CC[C@]6(C)[C@H]5CC[C@@]31C)OC2=O. The molecular formula is C48H63NO7. The van der Waals surface area contributed by atoms with E-state index in [4.69, 9.17) is 9.15 Å². The third-order valence-corrected chi connectivity index (χ3v) is 20.6. The number of fused-ring (bicyclic) bond motifs is 3. The van der Waals surface area contributed by atoms with Crippen LogP contribution in [0.2, 0.25) is 0 Å². The maximum absolute atomic E-state index is 15.6. The van der Waals surface area contributed by atoms with Crippen LogP contribution in [0.3, 0.4) is 0 Å². The number of furan rings is 1. The standard InChI is InChI=1S/C48H63NO7/c1-40(2)43(5)14-17-48(40,56-39(43)53)38(52)49(27-44-22-29-19-30(23-44)21-31(20-29)24-44)28-46(54)13-10-36-42(46,4)12-9-35-41(3)11-8-32(50)25-45(41)15-16-47(35,36)33(26-45)37(51)34-7-6-18-55-34/h6-7,15-16,18,26,29-32,35-36,50,54H,8-14,17,19-25,27-28H2,1-5H3/t29?,30?,31?,32?,35-,36-,41-,42+,43+,44?,45+,46-,47-,48-/m1/s1. The molecular weight excluding hydrogens is 703 g/mol. The molecule has 13 rings (SSSR count). The van der Waals surface area contributed by atoms with Crippen molar-refractivity contribution in [2.24, 2.45) is 67.5 Å². The normalized spacial score (nSPS) is 52.3. The van der Waals surface area contributed by atoms with E-state index in [1.54, 1.807) is 18.4 Å². The number of allylic oxidation sites excluding steroid dienone is 4. The zero-order valence-corrected chi connectivity index (χ0v) is 34.3. The van der Waals surface area contributed by atoms with Crippen LogP contribution in [0.25, 0.3) is 0 Å². The maximum Gasteiger partial charge on any atom is 0.313 e. The summed E-state index contributed by atoms with van der Waals surface area (Å²) in [4.78, 5) is 46.0. The van der Waals surface area contributed by atoms with E-state index in [0.29, 0.717) is 55.7 Å². The molecule has 2 heterocycles. The predicted molar refractivity (Wildman–Crippen MR) is 209 cm³/mol. The van der Waals surface area contributed by atoms with Gasteiger partial charge in [-0.2, -0.15) is 0 Å². The first kappa shape index (κ1) is 36.4. The molecule has 302 valence electrons. The number of ketones is 1. The van der Waals surface area contributed by atoms with Crippen molar-refractivity contribution in [2.75, 3.05) is 13.1 Å². The van der Waals surface area contributed by atoms with Crippen molar-refractivity contribution in [2.45, 2.75) is 148 Å². The lowest BCUT2D eigenvalue weighted by molar-refractivity contribution is -0.191. The van der Waals surface area contributed by atoms with E-state index < -0.39 is 44.4 Å². The summed E-state index contributed by atoms with van der Waals surface area (Å²) >= 11 is 0. The Morgan fingerprint density at radius 1 is 0.821 bits per heavy atom. The first-order valence-electron chi connectivity index (χ1n) is 22.3. The van der Waals surface area contributed by atoms with Crippen molar-refractivity contribution in [1.82, 2.24) is 4.90 Å². The highest BCUT2D eigenvalue weighted by Crippen LogP contribution is 2.79. The molecule has 0 radical (unpaired) electrons. The second kappa shape index (κ2) is 10.9. The number of Topliss-reactive ketones (excluding diaryl/α,β-unsaturated/α-hetero) is 1. The van der Waals surface area contributed by atoms with E-state index in [1.165, 1.54) is 19.3 Å². The van der Waals surface area contributed by atoms with Gasteiger partial charge in [0.25, 0.3) is 5.91 Å². The smallest absolute Gasteiger partial charge is 0.313 e. The van der Waals surface area contributed by atoms with E-state index in [2.05, 4.69) is 45.9 Å². The topological polar surface area (TPSA) is 117 Å². The lowest BCUT2D eigenvalue weighted by Crippen LogP contribution is -2.68. The zero-order chi connectivity index (χ0) is 39.1. The van der Waals surface area contributed by atoms with Crippen LogP contribution in [0, 0.1) is 67.5 Å². The van der Waals surface area contributed by atoms with Gasteiger partial charge in [0.15, 0.2) is 11.4 Å². The van der Waals surface area contributed by atoms with Gasteiger partial charge in [-0.25, -0.2) is 0 Å². The molecule has 9 fully saturated rings. The lowest BCUT2D eigenvalue weighted by atomic mass is 9.32. The molecule has 1 unspecified atom stereocenters. The summed E-state index contributed by atoms with van der Waals surface area (Å²) in [5.41, 5.74) is -4.78. The minimum absolute atomic E-state index is 0.0334. The van der Waals surface area contributed by atoms with Crippen LogP contribution in [-0.2, 0) is 14.3 Å². The molecule has 11 aliphatic carbocycles. The lowest BCUT2D eigenvalue weighted by Gasteiger charge is -2.71. The molecule has 0 aromatic carbocycles. The highest BCUT2D eigenvalue weighted by Gasteiger charge is 2.78. The minimum atomic E-state index is -1.24. The second-order valence-corrected chi connectivity index (χ2v) is 22.9. The molecule has 1 saturated heterocycles. The molecule has 8 bridgehead atoms. The monoisotopic (exact) mass is 765 g/mol. The quantitative estimate of drug-likeness (QED) is 0.163. The maximum atomic E-state index is 15.6. The molecule has 8 nitrogen and oxygen atoms in total. The molecule has 56 heavy (non-hydrogen) atoms. The number of carbonyl (C=O) groups is 3. The Hall–Kier alpha value is -2.71. The number of aliphatic hydroxyl groups is 2. The van der Waals surface area contributed by atoms with E-state index >= 15 is 4.79 Å². The third kappa shape index (κ3) is 4.08. The first-order valence-corrected chi connectivity index (χ1v) is 22.3. The Balaban J connectivity index is 1.000. The molecule has 1 aromatic rings. The van der Waals surface area contributed by atoms with Gasteiger partial charge in [-0.05, 0) is 156 Å². The van der Waals surface area contributed by atoms with E-state index in [1.807, 2.05) is 11.8 Å². The molecule has 1 amide bonds. The largest absolute Gasteiger partial charge is 0.461 e. The summed E-state index contributed by atoms with van der Waals surface area (Å²) in [5, 5.41) is 24.7. The van der Waals surface area contributed by atoms with Crippen LogP contribution in [-0.4, -0.2) is 63.2 Å². The van der Waals surface area contributed by atoms with Gasteiger partial charge in [0, 0.05) is 33.8 Å². The van der Waals surface area contributed by atoms with Crippen molar-refractivity contribution >= 4 is 17.7 Å². The van der Waals surface area contributed by atoms with Crippen molar-refractivity contribution in [3.63, 3.8) is 0 Å². The number of aliphatic hydroxyl groups excluding tert-OH is 1. The fraction of sp³-hybridized carbons (Fsp3) is 0.771. The van der Waals surface area contributed by atoms with Crippen LogP contribution in [0.15, 0.2) is 46.6 Å². The van der Waals surface area contributed by atoms with Gasteiger partial charge in [-0.3, -0.25) is 14.4 Å². The van der Waals surface area contributed by atoms with Crippen LogP contribution < -0.4 is 0 Å². The number of carbonyl (C=O) groups excluding carboxylic acids is 3. The fourth-order valence-corrected chi connectivity index (χ4v) is 17.5. The summed E-state index contributed by atoms with van der Waals surface area (Å²) in [5.74, 6) is 2.18. The number of hydrogen-bond acceptors (Lipinski definition) is 7. The minimum Gasteiger partial charge on any atom is -0.461 e. The van der Waals surface area contributed by atoms with Crippen molar-refractivity contribution in [3.8, 4) is 0 Å². The molecule has 2 N–H and O–H groups in total. The van der Waals surface area contributed by atoms with Gasteiger partial charge in [-0.15, -0.1) is 0 Å². The Kier molecular flexibility index (Phi) is 7.09. The molecule has 8 saturated carbocycles. The van der Waals surface area contributed by atoms with E-state index in [9.17, 15) is 19.8 Å². The Morgan fingerprint density at radius 3 is 2.11 bits per heavy atom. The van der Waals surface area contributed by atoms with E-state index in [-0.39, 0.29) is 46.9 Å². The average Bonchev–Trinajstić information content (AvgIpc) is 3.85. The summed E-state index contributed by atoms with van der Waals surface area (Å²) < 4.78 is 12.1. The molecule has 10 atom stereocenters. The van der Waals surface area contributed by atoms with Gasteiger partial charge < -0.3 is 24.3 Å². The van der Waals surface area contributed by atoms with Crippen LogP contribution in [0.5, 0.6) is 0 Å². The number of esters is 1. The second-order valence-electron chi connectivity index (χ2n) is 22.9. The van der Waals surface area contributed by atoms with Gasteiger partial charge in [-0.1, -0.05) is 45.9 Å². The summed E-state index contributed by atoms with van der Waals surface area (Å²) in [6.07, 6.45) is 21.8. The number of amides is 1. The highest BCUT2D eigenvalue weighted by atomic mass is 16.6. The Labute approximate surface area is 332 Å². The molecule has 2 spiro atoms. The number of hydrogen-bond donors (Lipinski definition) is 2. The number of ether oxygens (including phenoxy) is 1. The molecule has 12 aliphatic rings.